The van der Waals surface area contributed by atoms with Crippen molar-refractivity contribution in [3.63, 3.8) is 0 Å². The van der Waals surface area contributed by atoms with Gasteiger partial charge < -0.3 is 0 Å². The maximum Gasteiger partial charge on any atom is 0.242 e. The topological polar surface area (TPSA) is 59.1 Å². The maximum absolute atomic E-state index is 12.2. The van der Waals surface area contributed by atoms with Crippen LogP contribution >= 0.6 is 27.3 Å². The Morgan fingerprint density at radius 3 is 2.74 bits per heavy atom. The highest BCUT2D eigenvalue weighted by Crippen LogP contribution is 2.29. The minimum atomic E-state index is -3.48. The van der Waals surface area contributed by atoms with Crippen LogP contribution in [0.2, 0.25) is 0 Å². The Labute approximate surface area is 125 Å². The third-order valence-electron chi connectivity index (χ3n) is 2.72. The summed E-state index contributed by atoms with van der Waals surface area (Å²) in [6.07, 6.45) is 3.37. The van der Waals surface area contributed by atoms with E-state index in [2.05, 4.69) is 25.6 Å². The van der Waals surface area contributed by atoms with E-state index in [4.69, 9.17) is 0 Å². The van der Waals surface area contributed by atoms with E-state index in [0.29, 0.717) is 4.90 Å². The number of halogens is 1. The van der Waals surface area contributed by atoms with Gasteiger partial charge >= 0.3 is 0 Å². The van der Waals surface area contributed by atoms with Crippen molar-refractivity contribution < 1.29 is 8.42 Å². The predicted octanol–water partition coefficient (Wildman–Crippen LogP) is 3.00. The van der Waals surface area contributed by atoms with Gasteiger partial charge in [0.25, 0.3) is 0 Å². The Hall–Kier alpha value is -0.760. The molecule has 0 unspecified atom stereocenters. The lowest BCUT2D eigenvalue weighted by atomic mass is 10.2. The molecule has 2 aromatic rings. The third kappa shape index (κ3) is 3.42. The van der Waals surface area contributed by atoms with E-state index in [1.165, 1.54) is 11.3 Å². The summed E-state index contributed by atoms with van der Waals surface area (Å²) in [5, 5.41) is 0. The van der Waals surface area contributed by atoms with Crippen molar-refractivity contribution in [2.75, 3.05) is 0 Å². The van der Waals surface area contributed by atoms with Crippen LogP contribution in [0.4, 0.5) is 0 Å². The van der Waals surface area contributed by atoms with Gasteiger partial charge in [-0.15, -0.1) is 11.3 Å². The Kier molecular flexibility index (Phi) is 4.39. The van der Waals surface area contributed by atoms with Crippen LogP contribution < -0.4 is 4.72 Å². The molecule has 0 saturated carbocycles. The lowest BCUT2D eigenvalue weighted by molar-refractivity contribution is 0.581. The highest BCUT2D eigenvalue weighted by molar-refractivity contribution is 9.11. The number of rotatable bonds is 4. The van der Waals surface area contributed by atoms with Gasteiger partial charge in [-0.2, -0.15) is 0 Å². The fourth-order valence-electron chi connectivity index (χ4n) is 1.65. The van der Waals surface area contributed by atoms with E-state index in [9.17, 15) is 8.42 Å². The first-order chi connectivity index (χ1) is 8.90. The lowest BCUT2D eigenvalue weighted by Crippen LogP contribution is -2.23. The number of hydrogen-bond acceptors (Lipinski definition) is 4. The number of nitrogens with zero attached hydrogens (tertiary/aromatic N) is 1. The van der Waals surface area contributed by atoms with Crippen molar-refractivity contribution in [3.05, 3.63) is 44.3 Å². The molecule has 4 nitrogen and oxygen atoms in total. The van der Waals surface area contributed by atoms with Crippen molar-refractivity contribution in [1.82, 2.24) is 9.71 Å². The van der Waals surface area contributed by atoms with Crippen molar-refractivity contribution in [1.29, 1.82) is 0 Å². The van der Waals surface area contributed by atoms with Gasteiger partial charge in [-0.1, -0.05) is 0 Å². The minimum Gasteiger partial charge on any atom is -0.264 e. The van der Waals surface area contributed by atoms with Gasteiger partial charge in [-0.25, -0.2) is 13.1 Å². The average molecular weight is 361 g/mol. The van der Waals surface area contributed by atoms with E-state index in [0.717, 1.165) is 19.8 Å². The summed E-state index contributed by atoms with van der Waals surface area (Å²) in [6.45, 7) is 3.97. The normalized spacial score (nSPS) is 11.7. The summed E-state index contributed by atoms with van der Waals surface area (Å²) < 4.78 is 27.8. The molecule has 2 rings (SSSR count). The van der Waals surface area contributed by atoms with Crippen LogP contribution in [0.5, 0.6) is 0 Å². The zero-order valence-corrected chi connectivity index (χ0v) is 13.7. The molecule has 19 heavy (non-hydrogen) atoms. The summed E-state index contributed by atoms with van der Waals surface area (Å²) in [5.74, 6) is 0. The van der Waals surface area contributed by atoms with Gasteiger partial charge in [-0.05, 0) is 53.0 Å². The van der Waals surface area contributed by atoms with Crippen LogP contribution in [0.3, 0.4) is 0 Å². The molecule has 0 spiro atoms. The molecule has 0 aliphatic rings. The number of pyridine rings is 1. The van der Waals surface area contributed by atoms with E-state index in [-0.39, 0.29) is 6.54 Å². The molecule has 0 bridgehead atoms. The van der Waals surface area contributed by atoms with Crippen LogP contribution in [0, 0.1) is 13.8 Å². The molecule has 0 fully saturated rings. The van der Waals surface area contributed by atoms with Crippen LogP contribution in [0.1, 0.15) is 16.0 Å². The fourth-order valence-corrected chi connectivity index (χ4v) is 5.07. The van der Waals surface area contributed by atoms with Gasteiger partial charge in [-0.3, -0.25) is 4.98 Å². The molecular weight excluding hydrogens is 348 g/mol. The molecule has 102 valence electrons. The number of aromatic nitrogens is 1. The molecule has 0 aliphatic carbocycles. The highest BCUT2D eigenvalue weighted by Gasteiger charge is 2.19. The summed E-state index contributed by atoms with van der Waals surface area (Å²) >= 11 is 4.71. The Morgan fingerprint density at radius 1 is 1.42 bits per heavy atom. The van der Waals surface area contributed by atoms with Crippen molar-refractivity contribution in [2.24, 2.45) is 0 Å². The molecule has 0 radical (unpaired) electrons. The quantitative estimate of drug-likeness (QED) is 0.911. The van der Waals surface area contributed by atoms with E-state index in [1.54, 1.807) is 25.4 Å². The lowest BCUT2D eigenvalue weighted by Gasteiger charge is -2.08. The second-order valence-corrected chi connectivity index (χ2v) is 8.47. The zero-order chi connectivity index (χ0) is 14.0. The van der Waals surface area contributed by atoms with Gasteiger partial charge in [0.2, 0.25) is 10.0 Å². The average Bonchev–Trinajstić information content (AvgIpc) is 2.68. The SMILES string of the molecule is Cc1cnccc1CNS(=O)(=O)c1cc(Br)sc1C. The zero-order valence-electron chi connectivity index (χ0n) is 10.5. The Morgan fingerprint density at radius 2 is 2.16 bits per heavy atom. The predicted molar refractivity (Wildman–Crippen MR) is 79.8 cm³/mol. The van der Waals surface area contributed by atoms with Crippen LogP contribution in [-0.2, 0) is 16.6 Å². The number of hydrogen-bond donors (Lipinski definition) is 1. The fraction of sp³-hybridized carbons (Fsp3) is 0.250. The summed E-state index contributed by atoms with van der Waals surface area (Å²) in [6, 6.07) is 3.44. The van der Waals surface area contributed by atoms with E-state index in [1.807, 2.05) is 13.0 Å². The molecular formula is C12H13BrN2O2S2. The number of thiophene rings is 1. The Balaban J connectivity index is 2.19. The van der Waals surface area contributed by atoms with E-state index >= 15 is 0 Å². The number of nitrogens with one attached hydrogen (secondary N) is 1. The molecule has 2 heterocycles. The highest BCUT2D eigenvalue weighted by atomic mass is 79.9. The second-order valence-electron chi connectivity index (χ2n) is 4.10. The smallest absolute Gasteiger partial charge is 0.242 e. The van der Waals surface area contributed by atoms with Crippen molar-refractivity contribution >= 4 is 37.3 Å². The third-order valence-corrected chi connectivity index (χ3v) is 5.93. The van der Waals surface area contributed by atoms with Gasteiger partial charge in [0.05, 0.1) is 8.68 Å². The van der Waals surface area contributed by atoms with Crippen molar-refractivity contribution in [3.8, 4) is 0 Å². The van der Waals surface area contributed by atoms with Crippen LogP contribution in [0.15, 0.2) is 33.2 Å². The Bertz CT molecular complexity index is 696. The maximum atomic E-state index is 12.2. The summed E-state index contributed by atoms with van der Waals surface area (Å²) in [7, 11) is -3.48. The van der Waals surface area contributed by atoms with Crippen LogP contribution in [0.25, 0.3) is 0 Å². The second kappa shape index (κ2) is 5.70. The molecule has 2 aromatic heterocycles. The van der Waals surface area contributed by atoms with Gasteiger partial charge in [0, 0.05) is 23.8 Å². The molecule has 0 aromatic carbocycles. The molecule has 0 atom stereocenters. The first kappa shape index (κ1) is 14.6. The molecule has 1 N–H and O–H groups in total. The largest absolute Gasteiger partial charge is 0.264 e. The van der Waals surface area contributed by atoms with Crippen LogP contribution in [-0.4, -0.2) is 13.4 Å². The van der Waals surface area contributed by atoms with Crippen molar-refractivity contribution in [2.45, 2.75) is 25.3 Å². The first-order valence-corrected chi connectivity index (χ1v) is 8.64. The molecule has 0 amide bonds. The summed E-state index contributed by atoms with van der Waals surface area (Å²) in [5.41, 5.74) is 1.89. The minimum absolute atomic E-state index is 0.267. The van der Waals surface area contributed by atoms with Gasteiger partial charge in [0.15, 0.2) is 0 Å². The first-order valence-electron chi connectivity index (χ1n) is 5.55. The molecule has 7 heteroatoms. The summed E-state index contributed by atoms with van der Waals surface area (Å²) in [4.78, 5) is 5.08. The standard InChI is InChI=1S/C12H13BrN2O2S2/c1-8-6-14-4-3-10(8)7-15-19(16,17)11-5-12(13)18-9(11)2/h3-6,15H,7H2,1-2H3. The van der Waals surface area contributed by atoms with E-state index < -0.39 is 10.0 Å². The number of aryl methyl sites for hydroxylation is 2. The molecule has 0 aliphatic heterocycles. The molecule has 0 saturated heterocycles. The number of sulfonamides is 1. The van der Waals surface area contributed by atoms with Gasteiger partial charge in [0.1, 0.15) is 0 Å². The monoisotopic (exact) mass is 360 g/mol.